The standard InChI is InChI=1S/C12H7NO2S3/c14-11(15)10-5-7(6-16-10)17-12-13-8-3-1-2-4-9(8)18-12/h1-6H,(H,14,15). The zero-order valence-corrected chi connectivity index (χ0v) is 11.4. The van der Waals surface area contributed by atoms with Crippen molar-refractivity contribution in [2.75, 3.05) is 0 Å². The summed E-state index contributed by atoms with van der Waals surface area (Å²) in [5.74, 6) is -0.879. The maximum absolute atomic E-state index is 10.8. The van der Waals surface area contributed by atoms with Crippen molar-refractivity contribution in [3.63, 3.8) is 0 Å². The van der Waals surface area contributed by atoms with Gasteiger partial charge in [-0.1, -0.05) is 23.9 Å². The van der Waals surface area contributed by atoms with Crippen LogP contribution in [0.4, 0.5) is 0 Å². The summed E-state index contributed by atoms with van der Waals surface area (Å²) in [5, 5.41) is 10.7. The lowest BCUT2D eigenvalue weighted by molar-refractivity contribution is 0.0702. The molecule has 0 aliphatic heterocycles. The number of rotatable bonds is 3. The van der Waals surface area contributed by atoms with E-state index < -0.39 is 5.97 Å². The van der Waals surface area contributed by atoms with Gasteiger partial charge in [-0.15, -0.1) is 22.7 Å². The fourth-order valence-corrected chi connectivity index (χ4v) is 4.44. The minimum absolute atomic E-state index is 0.360. The molecule has 18 heavy (non-hydrogen) atoms. The topological polar surface area (TPSA) is 50.2 Å². The number of carbonyl (C=O) groups is 1. The van der Waals surface area contributed by atoms with E-state index in [1.165, 1.54) is 23.1 Å². The lowest BCUT2D eigenvalue weighted by atomic mass is 10.3. The summed E-state index contributed by atoms with van der Waals surface area (Å²) in [6, 6.07) is 9.65. The van der Waals surface area contributed by atoms with Gasteiger partial charge >= 0.3 is 5.97 Å². The number of thiophene rings is 1. The van der Waals surface area contributed by atoms with Crippen LogP contribution < -0.4 is 0 Å². The molecule has 3 rings (SSSR count). The van der Waals surface area contributed by atoms with Gasteiger partial charge in [0.1, 0.15) is 4.88 Å². The van der Waals surface area contributed by atoms with Crippen LogP contribution in [0.3, 0.4) is 0 Å². The molecule has 0 fully saturated rings. The second-order valence-corrected chi connectivity index (χ2v) is 6.76. The summed E-state index contributed by atoms with van der Waals surface area (Å²) in [6.45, 7) is 0. The first-order valence-corrected chi connectivity index (χ1v) is 7.59. The Labute approximate surface area is 115 Å². The number of fused-ring (bicyclic) bond motifs is 1. The van der Waals surface area contributed by atoms with E-state index in [1.54, 1.807) is 17.4 Å². The zero-order chi connectivity index (χ0) is 12.5. The molecule has 1 aromatic carbocycles. The molecular weight excluding hydrogens is 286 g/mol. The molecule has 2 heterocycles. The Morgan fingerprint density at radius 1 is 1.33 bits per heavy atom. The normalized spacial score (nSPS) is 10.9. The minimum atomic E-state index is -0.879. The molecule has 0 atom stereocenters. The summed E-state index contributed by atoms with van der Waals surface area (Å²) < 4.78 is 2.08. The van der Waals surface area contributed by atoms with Gasteiger partial charge in [0.05, 0.1) is 10.2 Å². The molecule has 2 aromatic heterocycles. The maximum Gasteiger partial charge on any atom is 0.345 e. The lowest BCUT2D eigenvalue weighted by Gasteiger charge is -1.89. The Morgan fingerprint density at radius 3 is 2.89 bits per heavy atom. The van der Waals surface area contributed by atoms with E-state index in [0.717, 1.165) is 19.5 Å². The first-order chi connectivity index (χ1) is 8.72. The molecule has 0 saturated heterocycles. The highest BCUT2D eigenvalue weighted by Gasteiger charge is 2.10. The number of nitrogens with zero attached hydrogens (tertiary/aromatic N) is 1. The van der Waals surface area contributed by atoms with E-state index in [-0.39, 0.29) is 0 Å². The van der Waals surface area contributed by atoms with Crippen LogP contribution in [-0.2, 0) is 0 Å². The highest BCUT2D eigenvalue weighted by molar-refractivity contribution is 8.01. The molecule has 3 nitrogen and oxygen atoms in total. The van der Waals surface area contributed by atoms with Gasteiger partial charge < -0.3 is 5.11 Å². The fraction of sp³-hybridized carbons (Fsp3) is 0. The number of carboxylic acids is 1. The number of para-hydroxylation sites is 1. The summed E-state index contributed by atoms with van der Waals surface area (Å²) in [4.78, 5) is 16.6. The summed E-state index contributed by atoms with van der Waals surface area (Å²) in [7, 11) is 0. The smallest absolute Gasteiger partial charge is 0.345 e. The van der Waals surface area contributed by atoms with Gasteiger partial charge in [0.2, 0.25) is 0 Å². The predicted octanol–water partition coefficient (Wildman–Crippen LogP) is 4.21. The molecular formula is C12H7NO2S3. The SMILES string of the molecule is O=C(O)c1cc(Sc2nc3ccccc3s2)cs1. The van der Waals surface area contributed by atoms with Crippen LogP contribution in [0.2, 0.25) is 0 Å². The number of hydrogen-bond donors (Lipinski definition) is 1. The van der Waals surface area contributed by atoms with E-state index in [4.69, 9.17) is 5.11 Å². The molecule has 0 amide bonds. The third-order valence-electron chi connectivity index (χ3n) is 2.27. The maximum atomic E-state index is 10.8. The minimum Gasteiger partial charge on any atom is -0.477 e. The predicted molar refractivity (Wildman–Crippen MR) is 75.0 cm³/mol. The van der Waals surface area contributed by atoms with Crippen molar-refractivity contribution >= 4 is 50.6 Å². The van der Waals surface area contributed by atoms with Gasteiger partial charge in [0.25, 0.3) is 0 Å². The number of carboxylic acid groups (broad SMARTS) is 1. The molecule has 0 saturated carbocycles. The lowest BCUT2D eigenvalue weighted by Crippen LogP contribution is -1.89. The first-order valence-electron chi connectivity index (χ1n) is 5.07. The Morgan fingerprint density at radius 2 is 2.17 bits per heavy atom. The Hall–Kier alpha value is -1.37. The number of thiazole rings is 1. The molecule has 0 radical (unpaired) electrons. The molecule has 1 N–H and O–H groups in total. The number of benzene rings is 1. The van der Waals surface area contributed by atoms with Crippen LogP contribution in [0.25, 0.3) is 10.2 Å². The van der Waals surface area contributed by atoms with Crippen molar-refractivity contribution in [3.05, 3.63) is 40.6 Å². The van der Waals surface area contributed by atoms with Crippen molar-refractivity contribution in [1.29, 1.82) is 0 Å². The van der Waals surface area contributed by atoms with Crippen LogP contribution in [0.1, 0.15) is 9.67 Å². The molecule has 0 aliphatic carbocycles. The highest BCUT2D eigenvalue weighted by atomic mass is 32.2. The number of aromatic carboxylic acids is 1. The molecule has 90 valence electrons. The van der Waals surface area contributed by atoms with Gasteiger partial charge in [-0.2, -0.15) is 0 Å². The van der Waals surface area contributed by atoms with E-state index in [1.807, 2.05) is 29.6 Å². The molecule has 3 aromatic rings. The number of hydrogen-bond acceptors (Lipinski definition) is 5. The second-order valence-electron chi connectivity index (χ2n) is 3.50. The average molecular weight is 293 g/mol. The second kappa shape index (κ2) is 4.72. The largest absolute Gasteiger partial charge is 0.477 e. The fourth-order valence-electron chi connectivity index (χ4n) is 1.48. The zero-order valence-electron chi connectivity index (χ0n) is 8.99. The van der Waals surface area contributed by atoms with Crippen molar-refractivity contribution in [2.24, 2.45) is 0 Å². The summed E-state index contributed by atoms with van der Waals surface area (Å²) in [6.07, 6.45) is 0. The highest BCUT2D eigenvalue weighted by Crippen LogP contribution is 2.36. The monoisotopic (exact) mass is 293 g/mol. The van der Waals surface area contributed by atoms with Crippen LogP contribution in [0.5, 0.6) is 0 Å². The Balaban J connectivity index is 1.88. The van der Waals surface area contributed by atoms with Crippen LogP contribution in [0.15, 0.2) is 44.9 Å². The molecule has 0 spiro atoms. The molecule has 0 unspecified atom stereocenters. The third kappa shape index (κ3) is 2.27. The quantitative estimate of drug-likeness (QED) is 0.786. The van der Waals surface area contributed by atoms with E-state index in [2.05, 4.69) is 4.98 Å². The van der Waals surface area contributed by atoms with E-state index >= 15 is 0 Å². The van der Waals surface area contributed by atoms with Gasteiger partial charge in [0, 0.05) is 10.3 Å². The first kappa shape index (κ1) is 11.7. The van der Waals surface area contributed by atoms with Crippen LogP contribution in [0, 0.1) is 0 Å². The summed E-state index contributed by atoms with van der Waals surface area (Å²) >= 11 is 4.37. The van der Waals surface area contributed by atoms with Crippen molar-refractivity contribution in [3.8, 4) is 0 Å². The molecule has 0 bridgehead atoms. The molecule has 0 aliphatic rings. The van der Waals surface area contributed by atoms with Crippen LogP contribution >= 0.6 is 34.4 Å². The Kier molecular flexibility index (Phi) is 3.07. The van der Waals surface area contributed by atoms with Crippen molar-refractivity contribution in [2.45, 2.75) is 9.24 Å². The van der Waals surface area contributed by atoms with Crippen LogP contribution in [-0.4, -0.2) is 16.1 Å². The van der Waals surface area contributed by atoms with Gasteiger partial charge in [0.15, 0.2) is 4.34 Å². The van der Waals surface area contributed by atoms with Crippen molar-refractivity contribution in [1.82, 2.24) is 4.98 Å². The summed E-state index contributed by atoms with van der Waals surface area (Å²) in [5.41, 5.74) is 0.985. The number of aromatic nitrogens is 1. The Bertz CT molecular complexity index is 684. The van der Waals surface area contributed by atoms with Gasteiger partial charge in [-0.25, -0.2) is 9.78 Å². The van der Waals surface area contributed by atoms with Gasteiger partial charge in [-0.3, -0.25) is 0 Å². The molecule has 6 heteroatoms. The van der Waals surface area contributed by atoms with E-state index in [0.29, 0.717) is 4.88 Å². The van der Waals surface area contributed by atoms with E-state index in [9.17, 15) is 4.79 Å². The average Bonchev–Trinajstić information content (AvgIpc) is 2.94. The van der Waals surface area contributed by atoms with Gasteiger partial charge in [-0.05, 0) is 18.2 Å². The van der Waals surface area contributed by atoms with Crippen molar-refractivity contribution < 1.29 is 9.90 Å². The third-order valence-corrected chi connectivity index (χ3v) is 5.40.